The van der Waals surface area contributed by atoms with Gasteiger partial charge in [0.1, 0.15) is 5.75 Å². The fraction of sp³-hybridized carbons (Fsp3) is 0.429. The zero-order valence-electron chi connectivity index (χ0n) is 16.4. The number of methoxy groups -OCH3 is 1. The van der Waals surface area contributed by atoms with Gasteiger partial charge in [-0.2, -0.15) is 0 Å². The summed E-state index contributed by atoms with van der Waals surface area (Å²) in [7, 11) is 1.53. The normalized spacial score (nSPS) is 15.2. The van der Waals surface area contributed by atoms with E-state index in [1.165, 1.54) is 12.0 Å². The second kappa shape index (κ2) is 9.71. The number of carbonyl (C=O) groups excluding carboxylic acids is 2. The second-order valence-corrected chi connectivity index (χ2v) is 8.02. The molecule has 150 valence electrons. The van der Waals surface area contributed by atoms with E-state index in [0.29, 0.717) is 23.9 Å². The number of likely N-dealkylation sites (tertiary alicyclic amines) is 1. The minimum absolute atomic E-state index is 0.459. The van der Waals surface area contributed by atoms with E-state index in [-0.39, 0.29) is 0 Å². The molecule has 28 heavy (non-hydrogen) atoms. The molecular formula is C21H27N3O3S. The highest BCUT2D eigenvalue weighted by Crippen LogP contribution is 2.30. The van der Waals surface area contributed by atoms with Gasteiger partial charge in [0.2, 0.25) is 0 Å². The van der Waals surface area contributed by atoms with Gasteiger partial charge in [-0.3, -0.25) is 9.59 Å². The molecule has 1 aliphatic rings. The summed E-state index contributed by atoms with van der Waals surface area (Å²) in [4.78, 5) is 28.1. The quantitative estimate of drug-likeness (QED) is 0.730. The second-order valence-electron chi connectivity index (χ2n) is 7.05. The van der Waals surface area contributed by atoms with Crippen molar-refractivity contribution in [3.05, 3.63) is 46.2 Å². The van der Waals surface area contributed by atoms with Gasteiger partial charge < -0.3 is 20.3 Å². The van der Waals surface area contributed by atoms with Gasteiger partial charge in [-0.25, -0.2) is 0 Å². The molecule has 0 saturated carbocycles. The molecule has 0 aliphatic carbocycles. The van der Waals surface area contributed by atoms with Crippen LogP contribution in [0.1, 0.15) is 29.2 Å². The van der Waals surface area contributed by atoms with Crippen LogP contribution in [0.5, 0.6) is 5.75 Å². The molecule has 3 rings (SSSR count). The molecule has 0 unspecified atom stereocenters. The summed E-state index contributed by atoms with van der Waals surface area (Å²) in [6.07, 6.45) is 2.28. The first-order chi connectivity index (χ1) is 13.6. The van der Waals surface area contributed by atoms with Crippen LogP contribution in [-0.2, 0) is 9.59 Å². The van der Waals surface area contributed by atoms with Crippen LogP contribution in [-0.4, -0.2) is 50.0 Å². The van der Waals surface area contributed by atoms with Gasteiger partial charge in [-0.05, 0) is 67.9 Å². The van der Waals surface area contributed by atoms with Crippen LogP contribution >= 0.6 is 11.3 Å². The number of aryl methyl sites for hydroxylation is 1. The van der Waals surface area contributed by atoms with E-state index in [0.717, 1.165) is 38.0 Å². The summed E-state index contributed by atoms with van der Waals surface area (Å²) in [6, 6.07) is 9.76. The Kier molecular flexibility index (Phi) is 7.06. The van der Waals surface area contributed by atoms with Crippen molar-refractivity contribution in [3.63, 3.8) is 0 Å². The first kappa shape index (κ1) is 20.4. The van der Waals surface area contributed by atoms with Crippen molar-refractivity contribution in [2.24, 2.45) is 0 Å². The fourth-order valence-electron chi connectivity index (χ4n) is 3.47. The van der Waals surface area contributed by atoms with Crippen molar-refractivity contribution in [1.29, 1.82) is 0 Å². The number of ether oxygens (including phenoxy) is 1. The van der Waals surface area contributed by atoms with Crippen LogP contribution in [0.3, 0.4) is 0 Å². The molecule has 1 aromatic heterocycles. The summed E-state index contributed by atoms with van der Waals surface area (Å²) in [5, 5.41) is 7.47. The highest BCUT2D eigenvalue weighted by Gasteiger charge is 2.21. The highest BCUT2D eigenvalue weighted by atomic mass is 32.1. The average molecular weight is 402 g/mol. The Labute approximate surface area is 169 Å². The van der Waals surface area contributed by atoms with E-state index in [4.69, 9.17) is 4.74 Å². The topological polar surface area (TPSA) is 70.7 Å². The van der Waals surface area contributed by atoms with E-state index in [1.807, 2.05) is 24.3 Å². The Morgan fingerprint density at radius 2 is 2.00 bits per heavy atom. The predicted molar refractivity (Wildman–Crippen MR) is 112 cm³/mol. The zero-order valence-corrected chi connectivity index (χ0v) is 17.2. The van der Waals surface area contributed by atoms with Crippen molar-refractivity contribution < 1.29 is 14.3 Å². The molecule has 0 atom stereocenters. The van der Waals surface area contributed by atoms with Gasteiger partial charge in [0, 0.05) is 18.0 Å². The summed E-state index contributed by atoms with van der Waals surface area (Å²) < 4.78 is 5.22. The molecule has 0 bridgehead atoms. The first-order valence-corrected chi connectivity index (χ1v) is 10.4. The Morgan fingerprint density at radius 3 is 2.68 bits per heavy atom. The third-order valence-corrected chi connectivity index (χ3v) is 6.09. The van der Waals surface area contributed by atoms with Crippen molar-refractivity contribution in [1.82, 2.24) is 10.2 Å². The maximum atomic E-state index is 12.2. The minimum atomic E-state index is -0.680. The molecule has 0 radical (unpaired) electrons. The molecule has 2 heterocycles. The van der Waals surface area contributed by atoms with E-state index < -0.39 is 11.8 Å². The smallest absolute Gasteiger partial charge is 0.313 e. The van der Waals surface area contributed by atoms with Crippen LogP contribution in [0.25, 0.3) is 0 Å². The number of amides is 2. The van der Waals surface area contributed by atoms with Crippen LogP contribution in [0, 0.1) is 6.92 Å². The Balaban J connectivity index is 1.40. The van der Waals surface area contributed by atoms with Crippen LogP contribution in [0.4, 0.5) is 5.69 Å². The molecule has 6 nitrogen and oxygen atoms in total. The lowest BCUT2D eigenvalue weighted by atomic mass is 9.95. The molecule has 2 N–H and O–H groups in total. The van der Waals surface area contributed by atoms with E-state index in [1.54, 1.807) is 12.1 Å². The molecule has 1 aliphatic heterocycles. The summed E-state index contributed by atoms with van der Waals surface area (Å²) >= 11 is 1.83. The molecule has 2 aromatic rings. The molecule has 1 fully saturated rings. The number of hydrogen-bond donors (Lipinski definition) is 2. The van der Waals surface area contributed by atoms with Gasteiger partial charge in [0.15, 0.2) is 0 Å². The van der Waals surface area contributed by atoms with Gasteiger partial charge in [0.25, 0.3) is 0 Å². The number of benzene rings is 1. The number of rotatable bonds is 6. The number of hydrogen-bond acceptors (Lipinski definition) is 5. The number of nitrogens with zero attached hydrogens (tertiary/aromatic N) is 1. The van der Waals surface area contributed by atoms with Gasteiger partial charge in [-0.15, -0.1) is 11.3 Å². The molecule has 2 amide bonds. The fourth-order valence-corrected chi connectivity index (χ4v) is 4.37. The van der Waals surface area contributed by atoms with Crippen molar-refractivity contribution in [2.45, 2.75) is 25.7 Å². The maximum Gasteiger partial charge on any atom is 0.313 e. The van der Waals surface area contributed by atoms with Crippen molar-refractivity contribution in [2.75, 3.05) is 38.6 Å². The lowest BCUT2D eigenvalue weighted by molar-refractivity contribution is -0.136. The van der Waals surface area contributed by atoms with E-state index in [2.05, 4.69) is 33.0 Å². The standard InChI is InChI=1S/C21H27N3O3S/c1-15-5-6-18(27-2)17(14-15)23-21(26)20(25)22-9-12-24-10-7-16(8-11-24)19-4-3-13-28-19/h3-6,13-14,16H,7-12H2,1-2H3,(H,22,25)(H,23,26). The van der Waals surface area contributed by atoms with Gasteiger partial charge in [-0.1, -0.05) is 12.1 Å². The number of thiophene rings is 1. The highest BCUT2D eigenvalue weighted by molar-refractivity contribution is 7.10. The largest absolute Gasteiger partial charge is 0.495 e. The lowest BCUT2D eigenvalue weighted by Gasteiger charge is -2.31. The monoisotopic (exact) mass is 401 g/mol. The summed E-state index contributed by atoms with van der Waals surface area (Å²) in [6.45, 7) is 5.16. The molecule has 1 aromatic carbocycles. The first-order valence-electron chi connectivity index (χ1n) is 9.56. The van der Waals surface area contributed by atoms with Crippen LogP contribution < -0.4 is 15.4 Å². The van der Waals surface area contributed by atoms with Crippen molar-refractivity contribution >= 4 is 28.8 Å². The number of piperidine rings is 1. The third kappa shape index (κ3) is 5.33. The molecule has 7 heteroatoms. The maximum absolute atomic E-state index is 12.2. The number of nitrogens with one attached hydrogen (secondary N) is 2. The predicted octanol–water partition coefficient (Wildman–Crippen LogP) is 3.00. The van der Waals surface area contributed by atoms with Crippen LogP contribution in [0.15, 0.2) is 35.7 Å². The molecule has 1 saturated heterocycles. The van der Waals surface area contributed by atoms with E-state index in [9.17, 15) is 9.59 Å². The Hall–Kier alpha value is -2.38. The van der Waals surface area contributed by atoms with Crippen molar-refractivity contribution in [3.8, 4) is 5.75 Å². The summed E-state index contributed by atoms with van der Waals surface area (Å²) in [5.74, 6) is -0.126. The Morgan fingerprint density at radius 1 is 1.21 bits per heavy atom. The number of anilines is 1. The number of carbonyl (C=O) groups is 2. The average Bonchev–Trinajstić information content (AvgIpc) is 3.23. The lowest BCUT2D eigenvalue weighted by Crippen LogP contribution is -2.42. The van der Waals surface area contributed by atoms with E-state index >= 15 is 0 Å². The SMILES string of the molecule is COc1ccc(C)cc1NC(=O)C(=O)NCCN1CCC(c2cccs2)CC1. The molecular weight excluding hydrogens is 374 g/mol. The zero-order chi connectivity index (χ0) is 19.9. The Bertz CT molecular complexity index is 799. The third-order valence-electron chi connectivity index (χ3n) is 5.06. The molecule has 0 spiro atoms. The minimum Gasteiger partial charge on any atom is -0.495 e. The summed E-state index contributed by atoms with van der Waals surface area (Å²) in [5.41, 5.74) is 1.47. The van der Waals surface area contributed by atoms with Crippen LogP contribution in [0.2, 0.25) is 0 Å². The van der Waals surface area contributed by atoms with Gasteiger partial charge >= 0.3 is 11.8 Å². The van der Waals surface area contributed by atoms with Gasteiger partial charge in [0.05, 0.1) is 12.8 Å².